The average Bonchev–Trinajstić information content (AvgIpc) is 2.29. The number of hydrogen-bond donors (Lipinski definition) is 0. The van der Waals surface area contributed by atoms with E-state index in [-0.39, 0.29) is 0 Å². The van der Waals surface area contributed by atoms with Gasteiger partial charge in [-0.05, 0) is 49.1 Å². The van der Waals surface area contributed by atoms with Crippen molar-refractivity contribution in [1.29, 1.82) is 0 Å². The summed E-state index contributed by atoms with van der Waals surface area (Å²) in [6.07, 6.45) is 8.10. The van der Waals surface area contributed by atoms with Crippen LogP contribution in [0.25, 0.3) is 0 Å². The summed E-state index contributed by atoms with van der Waals surface area (Å²) in [5.74, 6) is 0.830. The highest BCUT2D eigenvalue weighted by Gasteiger charge is 2.19. The topological polar surface area (TPSA) is 0 Å². The van der Waals surface area contributed by atoms with Crippen molar-refractivity contribution in [3.63, 3.8) is 0 Å². The van der Waals surface area contributed by atoms with Gasteiger partial charge in [0.15, 0.2) is 0 Å². The Morgan fingerprint density at radius 3 is 3.00 bits per heavy atom. The van der Waals surface area contributed by atoms with Crippen LogP contribution in [0.5, 0.6) is 0 Å². The standard InChI is InChI=1S/C15H21Br/c1-12(16)6-4-8-14-10-5-9-13-7-2-3-11-15(13)14/h2-3,7,11-12,14H,4-6,8-10H2,1H3. The van der Waals surface area contributed by atoms with Crippen molar-refractivity contribution in [3.05, 3.63) is 35.4 Å². The van der Waals surface area contributed by atoms with Crippen LogP contribution in [0.4, 0.5) is 0 Å². The normalized spacial score (nSPS) is 21.5. The number of rotatable bonds is 4. The first-order chi connectivity index (χ1) is 7.77. The predicted octanol–water partition coefficient (Wildman–Crippen LogP) is 5.06. The zero-order chi connectivity index (χ0) is 11.4. The minimum atomic E-state index is 0.673. The van der Waals surface area contributed by atoms with E-state index < -0.39 is 0 Å². The molecule has 0 amide bonds. The molecule has 0 heterocycles. The first-order valence-corrected chi connectivity index (χ1v) is 7.41. The Hall–Kier alpha value is -0.300. The minimum absolute atomic E-state index is 0.673. The molecule has 1 aromatic rings. The molecule has 0 radical (unpaired) electrons. The molecule has 2 unspecified atom stereocenters. The Morgan fingerprint density at radius 2 is 2.19 bits per heavy atom. The van der Waals surface area contributed by atoms with Gasteiger partial charge >= 0.3 is 0 Å². The molecular weight excluding hydrogens is 260 g/mol. The Morgan fingerprint density at radius 1 is 1.38 bits per heavy atom. The first kappa shape index (κ1) is 12.2. The second-order valence-electron chi connectivity index (χ2n) is 5.00. The molecule has 2 rings (SSSR count). The summed E-state index contributed by atoms with van der Waals surface area (Å²) >= 11 is 3.63. The van der Waals surface area contributed by atoms with E-state index in [1.807, 2.05) is 0 Å². The number of aryl methyl sites for hydroxylation is 1. The third-order valence-electron chi connectivity index (χ3n) is 3.65. The summed E-state index contributed by atoms with van der Waals surface area (Å²) in [5, 5.41) is 0. The highest BCUT2D eigenvalue weighted by atomic mass is 79.9. The van der Waals surface area contributed by atoms with E-state index in [1.165, 1.54) is 38.5 Å². The Balaban J connectivity index is 1.96. The third-order valence-corrected chi connectivity index (χ3v) is 4.11. The SMILES string of the molecule is CC(Br)CCCC1CCCc2ccccc21. The minimum Gasteiger partial charge on any atom is -0.0894 e. The van der Waals surface area contributed by atoms with E-state index in [1.54, 1.807) is 11.1 Å². The molecular formula is C15H21Br. The van der Waals surface area contributed by atoms with E-state index in [0.29, 0.717) is 4.83 Å². The summed E-state index contributed by atoms with van der Waals surface area (Å²) in [4.78, 5) is 0.673. The third kappa shape index (κ3) is 3.10. The van der Waals surface area contributed by atoms with E-state index >= 15 is 0 Å². The van der Waals surface area contributed by atoms with E-state index in [4.69, 9.17) is 0 Å². The first-order valence-electron chi connectivity index (χ1n) is 6.49. The fourth-order valence-electron chi connectivity index (χ4n) is 2.80. The molecule has 0 N–H and O–H groups in total. The van der Waals surface area contributed by atoms with Crippen molar-refractivity contribution in [2.75, 3.05) is 0 Å². The van der Waals surface area contributed by atoms with Crippen LogP contribution in [-0.2, 0) is 6.42 Å². The zero-order valence-corrected chi connectivity index (χ0v) is 11.7. The summed E-state index contributed by atoms with van der Waals surface area (Å²) in [5.41, 5.74) is 3.24. The maximum absolute atomic E-state index is 3.63. The summed E-state index contributed by atoms with van der Waals surface area (Å²) in [7, 11) is 0. The predicted molar refractivity (Wildman–Crippen MR) is 74.4 cm³/mol. The maximum atomic E-state index is 3.63. The summed E-state index contributed by atoms with van der Waals surface area (Å²) in [6.45, 7) is 2.24. The van der Waals surface area contributed by atoms with Gasteiger partial charge < -0.3 is 0 Å². The van der Waals surface area contributed by atoms with Gasteiger partial charge in [-0.25, -0.2) is 0 Å². The van der Waals surface area contributed by atoms with Gasteiger partial charge in [0.25, 0.3) is 0 Å². The van der Waals surface area contributed by atoms with E-state index in [9.17, 15) is 0 Å². The smallest absolute Gasteiger partial charge is 0.0117 e. The number of alkyl halides is 1. The number of benzene rings is 1. The fourth-order valence-corrected chi connectivity index (χ4v) is 3.12. The summed E-state index contributed by atoms with van der Waals surface area (Å²) in [6, 6.07) is 9.04. The molecule has 0 bridgehead atoms. The van der Waals surface area contributed by atoms with Crippen molar-refractivity contribution in [3.8, 4) is 0 Å². The van der Waals surface area contributed by atoms with Crippen molar-refractivity contribution in [2.45, 2.75) is 56.2 Å². The zero-order valence-electron chi connectivity index (χ0n) is 10.1. The molecule has 1 aromatic carbocycles. The fraction of sp³-hybridized carbons (Fsp3) is 0.600. The van der Waals surface area contributed by atoms with Crippen LogP contribution in [0.1, 0.15) is 56.1 Å². The van der Waals surface area contributed by atoms with Crippen LogP contribution in [0.3, 0.4) is 0 Å². The van der Waals surface area contributed by atoms with Crippen LogP contribution in [0.15, 0.2) is 24.3 Å². The van der Waals surface area contributed by atoms with Crippen LogP contribution >= 0.6 is 15.9 Å². The van der Waals surface area contributed by atoms with Crippen LogP contribution in [-0.4, -0.2) is 4.83 Å². The lowest BCUT2D eigenvalue weighted by Crippen LogP contribution is -2.10. The average molecular weight is 281 g/mol. The molecule has 88 valence electrons. The molecule has 0 aliphatic heterocycles. The van der Waals surface area contributed by atoms with Gasteiger partial charge in [-0.2, -0.15) is 0 Å². The molecule has 16 heavy (non-hydrogen) atoms. The van der Waals surface area contributed by atoms with Gasteiger partial charge in [0.1, 0.15) is 0 Å². The van der Waals surface area contributed by atoms with Crippen molar-refractivity contribution in [2.24, 2.45) is 0 Å². The molecule has 2 atom stereocenters. The molecule has 0 spiro atoms. The summed E-state index contributed by atoms with van der Waals surface area (Å²) < 4.78 is 0. The van der Waals surface area contributed by atoms with E-state index in [2.05, 4.69) is 47.1 Å². The monoisotopic (exact) mass is 280 g/mol. The molecule has 0 aromatic heterocycles. The Bertz CT molecular complexity index is 330. The van der Waals surface area contributed by atoms with Crippen molar-refractivity contribution < 1.29 is 0 Å². The Labute approximate surface area is 108 Å². The van der Waals surface area contributed by atoms with Gasteiger partial charge in [0, 0.05) is 4.83 Å². The van der Waals surface area contributed by atoms with Crippen LogP contribution in [0, 0.1) is 0 Å². The van der Waals surface area contributed by atoms with Gasteiger partial charge in [0.05, 0.1) is 0 Å². The van der Waals surface area contributed by atoms with Gasteiger partial charge in [0.2, 0.25) is 0 Å². The highest BCUT2D eigenvalue weighted by molar-refractivity contribution is 9.09. The van der Waals surface area contributed by atoms with Crippen LogP contribution < -0.4 is 0 Å². The second-order valence-corrected chi connectivity index (χ2v) is 6.56. The van der Waals surface area contributed by atoms with Crippen molar-refractivity contribution >= 4 is 15.9 Å². The molecule has 1 heteroatoms. The molecule has 0 saturated heterocycles. The van der Waals surface area contributed by atoms with Crippen molar-refractivity contribution in [1.82, 2.24) is 0 Å². The number of fused-ring (bicyclic) bond motifs is 1. The van der Waals surface area contributed by atoms with Gasteiger partial charge in [-0.1, -0.05) is 53.5 Å². The second kappa shape index (κ2) is 5.86. The molecule has 0 saturated carbocycles. The van der Waals surface area contributed by atoms with Gasteiger partial charge in [-0.3, -0.25) is 0 Å². The lowest BCUT2D eigenvalue weighted by Gasteiger charge is -2.25. The molecule has 0 nitrogen and oxygen atoms in total. The lowest BCUT2D eigenvalue weighted by atomic mass is 9.80. The quantitative estimate of drug-likeness (QED) is 0.677. The molecule has 1 aliphatic rings. The van der Waals surface area contributed by atoms with Gasteiger partial charge in [-0.15, -0.1) is 0 Å². The highest BCUT2D eigenvalue weighted by Crippen LogP contribution is 2.35. The molecule has 0 fully saturated rings. The number of hydrogen-bond acceptors (Lipinski definition) is 0. The van der Waals surface area contributed by atoms with E-state index in [0.717, 1.165) is 5.92 Å². The molecule has 1 aliphatic carbocycles. The Kier molecular flexibility index (Phi) is 4.45. The number of halogens is 1. The lowest BCUT2D eigenvalue weighted by molar-refractivity contribution is 0.496. The largest absolute Gasteiger partial charge is 0.0894 e. The van der Waals surface area contributed by atoms with Crippen LogP contribution in [0.2, 0.25) is 0 Å². The maximum Gasteiger partial charge on any atom is 0.0117 e.